The Bertz CT molecular complexity index is 1110. The van der Waals surface area contributed by atoms with Crippen LogP contribution in [-0.4, -0.2) is 20.1 Å². The topological polar surface area (TPSA) is 63.7 Å². The largest absolute Gasteiger partial charge is 0.457 e. The van der Waals surface area contributed by atoms with Gasteiger partial charge in [-0.1, -0.05) is 48.5 Å². The van der Waals surface area contributed by atoms with Gasteiger partial charge < -0.3 is 4.74 Å². The van der Waals surface area contributed by atoms with Gasteiger partial charge in [0.05, 0.1) is 0 Å². The van der Waals surface area contributed by atoms with Crippen LogP contribution in [0.25, 0.3) is 0 Å². The van der Waals surface area contributed by atoms with Gasteiger partial charge in [0.2, 0.25) is 5.91 Å². The minimum absolute atomic E-state index is 0.413. The third-order valence-corrected chi connectivity index (χ3v) is 6.50. The molecule has 3 aromatic carbocycles. The highest BCUT2D eigenvalue weighted by atomic mass is 32.2. The number of amides is 1. The Morgan fingerprint density at radius 2 is 1.46 bits per heavy atom. The molecule has 0 N–H and O–H groups in total. The van der Waals surface area contributed by atoms with Crippen molar-refractivity contribution < 1.29 is 17.9 Å². The van der Waals surface area contributed by atoms with E-state index in [9.17, 15) is 13.2 Å². The monoisotopic (exact) mass is 393 g/mol. The molecule has 0 bridgehead atoms. The molecule has 0 saturated carbocycles. The maximum Gasteiger partial charge on any atom is 0.243 e. The van der Waals surface area contributed by atoms with Crippen molar-refractivity contribution in [3.8, 4) is 11.5 Å². The van der Waals surface area contributed by atoms with E-state index in [-0.39, 0.29) is 0 Å². The average Bonchev–Trinajstić information content (AvgIpc) is 2.92. The summed E-state index contributed by atoms with van der Waals surface area (Å²) in [4.78, 5) is 13.9. The van der Waals surface area contributed by atoms with Gasteiger partial charge in [0.1, 0.15) is 17.3 Å². The van der Waals surface area contributed by atoms with Crippen LogP contribution in [0.1, 0.15) is 16.5 Å². The fourth-order valence-corrected chi connectivity index (χ4v) is 5.15. The molecule has 5 nitrogen and oxygen atoms in total. The summed E-state index contributed by atoms with van der Waals surface area (Å²) < 4.78 is 31.3. The summed E-state index contributed by atoms with van der Waals surface area (Å²) in [5, 5.41) is -1.04. The molecule has 0 spiro atoms. The van der Waals surface area contributed by atoms with Gasteiger partial charge in [-0.2, -0.15) is 0 Å². The summed E-state index contributed by atoms with van der Waals surface area (Å²) in [5.41, 5.74) is 2.00. The molecule has 6 heteroatoms. The molecule has 3 aromatic rings. The van der Waals surface area contributed by atoms with Gasteiger partial charge in [0.25, 0.3) is 0 Å². The number of rotatable bonds is 4. The standard InChI is InChI=1S/C22H19NO4S/c1-16-7-5-6-10-20(16)23-21(24)15-28(25,26)22(23)17-11-13-19(14-12-17)27-18-8-3-2-4-9-18/h2-14,22H,15H2,1H3/t22-/m0/s1. The van der Waals surface area contributed by atoms with Crippen molar-refractivity contribution in [3.63, 3.8) is 0 Å². The predicted octanol–water partition coefficient (Wildman–Crippen LogP) is 4.25. The highest BCUT2D eigenvalue weighted by Gasteiger charge is 2.46. The number of benzene rings is 3. The summed E-state index contributed by atoms with van der Waals surface area (Å²) in [5.74, 6) is 0.386. The molecule has 0 radical (unpaired) electrons. The van der Waals surface area contributed by atoms with Crippen LogP contribution in [0.3, 0.4) is 0 Å². The average molecular weight is 393 g/mol. The Labute approximate surface area is 164 Å². The van der Waals surface area contributed by atoms with Crippen LogP contribution in [0.15, 0.2) is 78.9 Å². The van der Waals surface area contributed by atoms with E-state index in [1.807, 2.05) is 49.4 Å². The first kappa shape index (κ1) is 18.3. The third-order valence-electron chi connectivity index (χ3n) is 4.69. The highest BCUT2D eigenvalue weighted by molar-refractivity contribution is 7.93. The molecule has 1 saturated heterocycles. The van der Waals surface area contributed by atoms with Crippen molar-refractivity contribution in [2.24, 2.45) is 0 Å². The molecule has 1 aliphatic rings. The highest BCUT2D eigenvalue weighted by Crippen LogP contribution is 2.39. The van der Waals surface area contributed by atoms with Crippen LogP contribution >= 0.6 is 0 Å². The Kier molecular flexibility index (Phi) is 4.65. The number of hydrogen-bond acceptors (Lipinski definition) is 4. The first-order valence-corrected chi connectivity index (χ1v) is 10.6. The van der Waals surface area contributed by atoms with Gasteiger partial charge in [-0.3, -0.25) is 9.69 Å². The molecule has 4 rings (SSSR count). The van der Waals surface area contributed by atoms with E-state index in [0.29, 0.717) is 22.7 Å². The number of nitrogens with zero attached hydrogens (tertiary/aromatic N) is 1. The lowest BCUT2D eigenvalue weighted by Crippen LogP contribution is -2.29. The molecule has 0 aromatic heterocycles. The fraction of sp³-hybridized carbons (Fsp3) is 0.136. The Hall–Kier alpha value is -3.12. The molecule has 0 aliphatic carbocycles. The lowest BCUT2D eigenvalue weighted by molar-refractivity contribution is -0.115. The lowest BCUT2D eigenvalue weighted by Gasteiger charge is -2.25. The second-order valence-corrected chi connectivity index (χ2v) is 8.75. The third kappa shape index (κ3) is 3.39. The Morgan fingerprint density at radius 1 is 0.857 bits per heavy atom. The number of ether oxygens (including phenoxy) is 1. The number of hydrogen-bond donors (Lipinski definition) is 0. The van der Waals surface area contributed by atoms with Gasteiger partial charge in [0, 0.05) is 5.69 Å². The van der Waals surface area contributed by atoms with Crippen LogP contribution in [0.5, 0.6) is 11.5 Å². The number of aryl methyl sites for hydroxylation is 1. The summed E-state index contributed by atoms with van der Waals surface area (Å²) in [6.45, 7) is 1.86. The van der Waals surface area contributed by atoms with E-state index in [2.05, 4.69) is 0 Å². The fourth-order valence-electron chi connectivity index (χ4n) is 3.39. The second kappa shape index (κ2) is 7.13. The van der Waals surface area contributed by atoms with Crippen LogP contribution in [0.2, 0.25) is 0 Å². The molecular formula is C22H19NO4S. The predicted molar refractivity (Wildman–Crippen MR) is 108 cm³/mol. The van der Waals surface area contributed by atoms with E-state index in [1.165, 1.54) is 4.90 Å². The van der Waals surface area contributed by atoms with E-state index < -0.39 is 26.9 Å². The summed E-state index contributed by atoms with van der Waals surface area (Å²) in [6, 6.07) is 23.5. The van der Waals surface area contributed by atoms with Crippen molar-refractivity contribution >= 4 is 21.4 Å². The maximum atomic E-state index is 12.7. The number of anilines is 1. The number of para-hydroxylation sites is 2. The molecule has 1 aliphatic heterocycles. The van der Waals surface area contributed by atoms with Gasteiger partial charge in [-0.15, -0.1) is 0 Å². The molecule has 1 heterocycles. The number of carbonyl (C=O) groups excluding carboxylic acids is 1. The zero-order chi connectivity index (χ0) is 19.7. The normalized spacial score (nSPS) is 18.2. The van der Waals surface area contributed by atoms with Crippen molar-refractivity contribution in [2.45, 2.75) is 12.3 Å². The van der Waals surface area contributed by atoms with E-state index >= 15 is 0 Å². The Balaban J connectivity index is 1.69. The molecule has 0 unspecified atom stereocenters. The number of sulfone groups is 1. The summed E-state index contributed by atoms with van der Waals surface area (Å²) >= 11 is 0. The quantitative estimate of drug-likeness (QED) is 0.665. The first-order chi connectivity index (χ1) is 13.5. The van der Waals surface area contributed by atoms with E-state index in [1.54, 1.807) is 36.4 Å². The second-order valence-electron chi connectivity index (χ2n) is 6.69. The SMILES string of the molecule is Cc1ccccc1N1C(=O)CS(=O)(=O)[C@H]1c1ccc(Oc2ccccc2)cc1. The zero-order valence-electron chi connectivity index (χ0n) is 15.3. The smallest absolute Gasteiger partial charge is 0.243 e. The van der Waals surface area contributed by atoms with Gasteiger partial charge in [-0.05, 0) is 48.4 Å². The number of carbonyl (C=O) groups is 1. The van der Waals surface area contributed by atoms with Gasteiger partial charge in [-0.25, -0.2) is 8.42 Å². The zero-order valence-corrected chi connectivity index (χ0v) is 16.1. The van der Waals surface area contributed by atoms with Crippen molar-refractivity contribution in [3.05, 3.63) is 90.0 Å². The molecule has 142 valence electrons. The first-order valence-electron chi connectivity index (χ1n) is 8.88. The molecule has 1 fully saturated rings. The van der Waals surface area contributed by atoms with Crippen molar-refractivity contribution in [1.29, 1.82) is 0 Å². The van der Waals surface area contributed by atoms with Crippen molar-refractivity contribution in [1.82, 2.24) is 0 Å². The lowest BCUT2D eigenvalue weighted by atomic mass is 10.1. The van der Waals surface area contributed by atoms with Gasteiger partial charge >= 0.3 is 0 Å². The van der Waals surface area contributed by atoms with Gasteiger partial charge in [0.15, 0.2) is 15.2 Å². The Morgan fingerprint density at radius 3 is 2.14 bits per heavy atom. The minimum atomic E-state index is -3.64. The van der Waals surface area contributed by atoms with E-state index in [4.69, 9.17) is 4.74 Å². The minimum Gasteiger partial charge on any atom is -0.457 e. The molecule has 1 amide bonds. The molecular weight excluding hydrogens is 374 g/mol. The van der Waals surface area contributed by atoms with Crippen LogP contribution in [0, 0.1) is 6.92 Å². The van der Waals surface area contributed by atoms with Crippen molar-refractivity contribution in [2.75, 3.05) is 10.7 Å². The molecule has 28 heavy (non-hydrogen) atoms. The van der Waals surface area contributed by atoms with Crippen LogP contribution in [-0.2, 0) is 14.6 Å². The maximum absolute atomic E-state index is 12.7. The van der Waals surface area contributed by atoms with Crippen LogP contribution < -0.4 is 9.64 Å². The molecule has 1 atom stereocenters. The summed E-state index contributed by atoms with van der Waals surface area (Å²) in [6.07, 6.45) is 0. The summed E-state index contributed by atoms with van der Waals surface area (Å²) in [7, 11) is -3.64. The van der Waals surface area contributed by atoms with E-state index in [0.717, 1.165) is 5.56 Å². The van der Waals surface area contributed by atoms with Crippen LogP contribution in [0.4, 0.5) is 5.69 Å².